The third-order valence-corrected chi connectivity index (χ3v) is 3.83. The fourth-order valence-electron chi connectivity index (χ4n) is 1.79. The first-order valence-corrected chi connectivity index (χ1v) is 8.16. The van der Waals surface area contributed by atoms with Crippen molar-refractivity contribution >= 4 is 22.7 Å². The average molecular weight is 339 g/mol. The van der Waals surface area contributed by atoms with Crippen LogP contribution in [-0.2, 0) is 0 Å². The number of hydrogen-bond acceptors (Lipinski definition) is 5. The first-order valence-electron chi connectivity index (χ1n) is 7.28. The Hall–Kier alpha value is -2.02. The third-order valence-electron chi connectivity index (χ3n) is 2.96. The van der Waals surface area contributed by atoms with E-state index in [1.165, 1.54) is 23.6 Å². The van der Waals surface area contributed by atoms with Gasteiger partial charge in [0.2, 0.25) is 5.13 Å². The summed E-state index contributed by atoms with van der Waals surface area (Å²) in [6, 6.07) is 1.99. The SMILES string of the molecule is Cc1csc(NN=Cc2cc(F)cc(F)c2OCCC(C)C)n1. The molecule has 0 saturated heterocycles. The Morgan fingerprint density at radius 2 is 2.17 bits per heavy atom. The molecule has 1 aromatic heterocycles. The molecule has 0 unspecified atom stereocenters. The molecular weight excluding hydrogens is 320 g/mol. The highest BCUT2D eigenvalue weighted by Gasteiger charge is 2.12. The summed E-state index contributed by atoms with van der Waals surface area (Å²) in [4.78, 5) is 4.18. The Morgan fingerprint density at radius 1 is 1.39 bits per heavy atom. The number of hydrogen-bond donors (Lipinski definition) is 1. The normalized spacial score (nSPS) is 11.4. The maximum atomic E-state index is 13.9. The van der Waals surface area contributed by atoms with Gasteiger partial charge in [0, 0.05) is 17.0 Å². The number of anilines is 1. The van der Waals surface area contributed by atoms with E-state index in [1.54, 1.807) is 0 Å². The minimum atomic E-state index is -0.736. The first-order chi connectivity index (χ1) is 11.0. The van der Waals surface area contributed by atoms with Crippen LogP contribution >= 0.6 is 11.3 Å². The van der Waals surface area contributed by atoms with Crippen molar-refractivity contribution in [1.82, 2.24) is 4.98 Å². The number of nitrogens with one attached hydrogen (secondary N) is 1. The summed E-state index contributed by atoms with van der Waals surface area (Å²) in [5.41, 5.74) is 3.85. The number of halogens is 2. The van der Waals surface area contributed by atoms with Crippen LogP contribution in [0.15, 0.2) is 22.6 Å². The molecule has 0 aliphatic rings. The Morgan fingerprint density at radius 3 is 2.83 bits per heavy atom. The molecule has 0 saturated carbocycles. The number of benzene rings is 1. The lowest BCUT2D eigenvalue weighted by Gasteiger charge is -2.11. The van der Waals surface area contributed by atoms with E-state index in [1.807, 2.05) is 26.2 Å². The molecule has 7 heteroatoms. The number of nitrogens with zero attached hydrogens (tertiary/aromatic N) is 2. The van der Waals surface area contributed by atoms with Crippen LogP contribution in [0.2, 0.25) is 0 Å². The highest BCUT2D eigenvalue weighted by molar-refractivity contribution is 7.13. The highest BCUT2D eigenvalue weighted by Crippen LogP contribution is 2.24. The summed E-state index contributed by atoms with van der Waals surface area (Å²) in [6.45, 7) is 6.33. The number of aromatic nitrogens is 1. The average Bonchev–Trinajstić information content (AvgIpc) is 2.87. The maximum Gasteiger partial charge on any atom is 0.203 e. The fourth-order valence-corrected chi connectivity index (χ4v) is 2.42. The lowest BCUT2D eigenvalue weighted by atomic mass is 10.1. The van der Waals surface area contributed by atoms with Gasteiger partial charge in [0.15, 0.2) is 11.6 Å². The van der Waals surface area contributed by atoms with E-state index in [0.717, 1.165) is 18.2 Å². The van der Waals surface area contributed by atoms with Gasteiger partial charge in [-0.2, -0.15) is 5.10 Å². The number of aryl methyl sites for hydroxylation is 1. The molecule has 0 atom stereocenters. The molecule has 0 spiro atoms. The van der Waals surface area contributed by atoms with Crippen molar-refractivity contribution in [3.8, 4) is 5.75 Å². The molecule has 0 aliphatic heterocycles. The van der Waals surface area contributed by atoms with Gasteiger partial charge in [-0.15, -0.1) is 11.3 Å². The molecule has 0 radical (unpaired) electrons. The lowest BCUT2D eigenvalue weighted by Crippen LogP contribution is -2.06. The van der Waals surface area contributed by atoms with Crippen molar-refractivity contribution in [2.24, 2.45) is 11.0 Å². The summed E-state index contributed by atoms with van der Waals surface area (Å²) >= 11 is 1.40. The van der Waals surface area contributed by atoms with Gasteiger partial charge in [0.05, 0.1) is 18.5 Å². The lowest BCUT2D eigenvalue weighted by molar-refractivity contribution is 0.275. The van der Waals surface area contributed by atoms with Crippen molar-refractivity contribution in [3.05, 3.63) is 40.4 Å². The molecule has 2 aromatic rings. The topological polar surface area (TPSA) is 46.5 Å². The standard InChI is InChI=1S/C16H19F2N3OS/c1-10(2)4-5-22-15-12(6-13(17)7-14(15)18)8-19-21-16-20-11(3)9-23-16/h6-10H,4-5H2,1-3H3,(H,20,21). The van der Waals surface area contributed by atoms with E-state index in [2.05, 4.69) is 15.5 Å². The Labute approximate surface area is 138 Å². The van der Waals surface area contributed by atoms with Gasteiger partial charge in [-0.1, -0.05) is 13.8 Å². The monoisotopic (exact) mass is 339 g/mol. The van der Waals surface area contributed by atoms with Crippen LogP contribution in [0.25, 0.3) is 0 Å². The molecule has 0 amide bonds. The highest BCUT2D eigenvalue weighted by atomic mass is 32.1. The molecule has 124 valence electrons. The van der Waals surface area contributed by atoms with E-state index < -0.39 is 11.6 Å². The summed E-state index contributed by atoms with van der Waals surface area (Å²) in [6.07, 6.45) is 2.11. The largest absolute Gasteiger partial charge is 0.490 e. The number of thiazole rings is 1. The second-order valence-corrected chi connectivity index (χ2v) is 6.36. The molecule has 23 heavy (non-hydrogen) atoms. The quantitative estimate of drug-likeness (QED) is 0.592. The molecule has 2 rings (SSSR count). The van der Waals surface area contributed by atoms with Crippen molar-refractivity contribution in [3.63, 3.8) is 0 Å². The van der Waals surface area contributed by atoms with Crippen LogP contribution in [0.5, 0.6) is 5.75 Å². The Balaban J connectivity index is 2.11. The Bertz CT molecular complexity index is 686. The van der Waals surface area contributed by atoms with E-state index >= 15 is 0 Å². The first kappa shape index (κ1) is 17.3. The predicted molar refractivity (Wildman–Crippen MR) is 89.4 cm³/mol. The number of hydrazone groups is 1. The smallest absolute Gasteiger partial charge is 0.203 e. The van der Waals surface area contributed by atoms with Gasteiger partial charge in [0.1, 0.15) is 5.82 Å². The van der Waals surface area contributed by atoms with Gasteiger partial charge < -0.3 is 4.74 Å². The summed E-state index contributed by atoms with van der Waals surface area (Å²) in [7, 11) is 0. The second-order valence-electron chi connectivity index (χ2n) is 5.50. The van der Waals surface area contributed by atoms with Crippen molar-refractivity contribution in [2.75, 3.05) is 12.0 Å². The molecule has 1 heterocycles. The maximum absolute atomic E-state index is 13.9. The van der Waals surface area contributed by atoms with E-state index in [4.69, 9.17) is 4.74 Å². The molecule has 0 bridgehead atoms. The van der Waals surface area contributed by atoms with Crippen LogP contribution < -0.4 is 10.2 Å². The zero-order valence-corrected chi connectivity index (χ0v) is 14.1. The minimum Gasteiger partial charge on any atom is -0.490 e. The van der Waals surface area contributed by atoms with Crippen LogP contribution in [0.3, 0.4) is 0 Å². The van der Waals surface area contributed by atoms with Crippen LogP contribution in [-0.4, -0.2) is 17.8 Å². The Kier molecular flexibility index (Phi) is 6.04. The van der Waals surface area contributed by atoms with Gasteiger partial charge in [-0.3, -0.25) is 5.43 Å². The van der Waals surface area contributed by atoms with Gasteiger partial charge in [-0.05, 0) is 25.3 Å². The second kappa shape index (κ2) is 8.01. The van der Waals surface area contributed by atoms with Gasteiger partial charge in [-0.25, -0.2) is 13.8 Å². The van der Waals surface area contributed by atoms with E-state index in [9.17, 15) is 8.78 Å². The van der Waals surface area contributed by atoms with Crippen LogP contribution in [0.1, 0.15) is 31.5 Å². The van der Waals surface area contributed by atoms with Crippen LogP contribution in [0, 0.1) is 24.5 Å². The zero-order valence-electron chi connectivity index (χ0n) is 13.3. The van der Waals surface area contributed by atoms with Crippen molar-refractivity contribution in [2.45, 2.75) is 27.2 Å². The molecular formula is C16H19F2N3OS. The summed E-state index contributed by atoms with van der Waals surface area (Å²) < 4.78 is 32.8. The number of rotatable bonds is 7. The number of ether oxygens (including phenoxy) is 1. The summed E-state index contributed by atoms with van der Waals surface area (Å²) in [5.74, 6) is -0.969. The van der Waals surface area contributed by atoms with E-state index in [-0.39, 0.29) is 11.3 Å². The zero-order chi connectivity index (χ0) is 16.8. The van der Waals surface area contributed by atoms with Gasteiger partial charge >= 0.3 is 0 Å². The van der Waals surface area contributed by atoms with Gasteiger partial charge in [0.25, 0.3) is 0 Å². The fraction of sp³-hybridized carbons (Fsp3) is 0.375. The van der Waals surface area contributed by atoms with Crippen molar-refractivity contribution < 1.29 is 13.5 Å². The molecule has 1 N–H and O–H groups in total. The molecule has 0 fully saturated rings. The van der Waals surface area contributed by atoms with Crippen LogP contribution in [0.4, 0.5) is 13.9 Å². The van der Waals surface area contributed by atoms with E-state index in [0.29, 0.717) is 17.7 Å². The molecule has 1 aromatic carbocycles. The minimum absolute atomic E-state index is 0.00733. The summed E-state index contributed by atoms with van der Waals surface area (Å²) in [5, 5.41) is 6.46. The predicted octanol–water partition coefficient (Wildman–Crippen LogP) is 4.60. The molecule has 4 nitrogen and oxygen atoms in total. The van der Waals surface area contributed by atoms with Crippen molar-refractivity contribution in [1.29, 1.82) is 0 Å². The molecule has 0 aliphatic carbocycles. The third kappa shape index (κ3) is 5.28.